The molecule has 44 heavy (non-hydrogen) atoms. The summed E-state index contributed by atoms with van der Waals surface area (Å²) in [6.45, 7) is 4.66. The van der Waals surface area contributed by atoms with Crippen molar-refractivity contribution in [3.8, 4) is 6.07 Å². The Morgan fingerprint density at radius 3 is 2.23 bits per heavy atom. The minimum atomic E-state index is -4.01. The third-order valence-corrected chi connectivity index (χ3v) is 9.20. The highest BCUT2D eigenvalue weighted by atomic mass is 35.5. The number of urea groups is 1. The predicted molar refractivity (Wildman–Crippen MR) is 159 cm³/mol. The lowest BCUT2D eigenvalue weighted by Gasteiger charge is -2.35. The van der Waals surface area contributed by atoms with Gasteiger partial charge in [-0.3, -0.25) is 9.13 Å². The second kappa shape index (κ2) is 14.1. The quantitative estimate of drug-likeness (QED) is 0.311. The second-order valence-electron chi connectivity index (χ2n) is 8.99. The maximum absolute atomic E-state index is 12.5. The molecule has 0 aromatic carbocycles. The molecule has 0 unspecified atom stereocenters. The molecule has 0 spiro atoms. The normalized spacial score (nSPS) is 13.0. The number of amides is 2. The van der Waals surface area contributed by atoms with Gasteiger partial charge in [-0.15, -0.1) is 11.3 Å². The molecule has 0 bridgehead atoms. The van der Waals surface area contributed by atoms with Crippen molar-refractivity contribution in [2.75, 3.05) is 37.7 Å². The van der Waals surface area contributed by atoms with E-state index in [-0.39, 0.29) is 41.1 Å². The van der Waals surface area contributed by atoms with E-state index in [9.17, 15) is 28.1 Å². The molecule has 0 saturated carbocycles. The first-order valence-electron chi connectivity index (χ1n) is 13.0. The molecule has 4 aromatic rings. The largest absolute Gasteiger partial charge is 0.462 e. The van der Waals surface area contributed by atoms with E-state index in [1.807, 2.05) is 15.7 Å². The molecular formula is C26H26ClN9O6S2. The number of esters is 1. The Balaban J connectivity index is 0.000000305. The zero-order valence-corrected chi connectivity index (χ0v) is 25.8. The molecule has 1 fully saturated rings. The topological polar surface area (TPSA) is 185 Å². The van der Waals surface area contributed by atoms with Crippen molar-refractivity contribution in [3.05, 3.63) is 76.8 Å². The molecule has 4 aromatic heterocycles. The average Bonchev–Trinajstić information content (AvgIpc) is 3.81. The summed E-state index contributed by atoms with van der Waals surface area (Å²) in [5, 5.41) is 9.54. The van der Waals surface area contributed by atoms with Crippen molar-refractivity contribution >= 4 is 56.8 Å². The van der Waals surface area contributed by atoms with Crippen LogP contribution in [0.5, 0.6) is 0 Å². The summed E-state index contributed by atoms with van der Waals surface area (Å²) in [6.07, 6.45) is 9.17. The first kappa shape index (κ1) is 32.1. The Bertz CT molecular complexity index is 1740. The first-order chi connectivity index (χ1) is 21.0. The van der Waals surface area contributed by atoms with E-state index in [0.29, 0.717) is 28.9 Å². The van der Waals surface area contributed by atoms with E-state index in [0.717, 1.165) is 11.3 Å². The van der Waals surface area contributed by atoms with Gasteiger partial charge in [-0.25, -0.2) is 42.5 Å². The van der Waals surface area contributed by atoms with Crippen molar-refractivity contribution in [2.45, 2.75) is 18.1 Å². The fourth-order valence-electron chi connectivity index (χ4n) is 4.00. The Morgan fingerprint density at radius 1 is 1.09 bits per heavy atom. The molecule has 1 N–H and O–H groups in total. The number of ether oxygens (including phenoxy) is 1. The molecule has 0 atom stereocenters. The predicted octanol–water partition coefficient (Wildman–Crippen LogP) is 2.97. The molecule has 18 heteroatoms. The van der Waals surface area contributed by atoms with E-state index in [1.165, 1.54) is 44.9 Å². The van der Waals surface area contributed by atoms with Crippen molar-refractivity contribution in [1.82, 2.24) is 33.7 Å². The van der Waals surface area contributed by atoms with Crippen LogP contribution >= 0.6 is 22.9 Å². The number of rotatable bonds is 5. The number of sulfonamides is 1. The summed E-state index contributed by atoms with van der Waals surface area (Å²) >= 11 is 6.63. The number of aromatic nitrogens is 5. The number of halogens is 1. The number of hydrogen-bond donors (Lipinski definition) is 1. The SMILES string of the molecule is CCOC(=O)c1cc(C#N)c(N2CCN(C(=O)NS(=O)(=O)c3ccc(Cl)s3)CC2)nc1C.O=C(n1ccnc1)n1ccnc1. The number of nitrogens with zero attached hydrogens (tertiary/aromatic N) is 8. The van der Waals surface area contributed by atoms with Crippen LogP contribution in [-0.2, 0) is 14.8 Å². The van der Waals surface area contributed by atoms with Gasteiger partial charge in [0.05, 0.1) is 27.8 Å². The van der Waals surface area contributed by atoms with E-state index < -0.39 is 22.0 Å². The number of aryl methyl sites for hydroxylation is 1. The van der Waals surface area contributed by atoms with Gasteiger partial charge in [0.1, 0.15) is 28.8 Å². The lowest BCUT2D eigenvalue weighted by molar-refractivity contribution is 0.0524. The Labute approximate surface area is 261 Å². The smallest absolute Gasteiger partial charge is 0.340 e. The van der Waals surface area contributed by atoms with Gasteiger partial charge in [0, 0.05) is 51.0 Å². The number of pyridine rings is 1. The van der Waals surface area contributed by atoms with Crippen LogP contribution < -0.4 is 9.62 Å². The molecule has 5 rings (SSSR count). The average molecular weight is 660 g/mol. The molecule has 2 amide bonds. The Morgan fingerprint density at radius 2 is 1.73 bits per heavy atom. The second-order valence-corrected chi connectivity index (χ2v) is 12.6. The molecule has 230 valence electrons. The zero-order chi connectivity index (χ0) is 31.9. The van der Waals surface area contributed by atoms with Gasteiger partial charge in [0.15, 0.2) is 0 Å². The summed E-state index contributed by atoms with van der Waals surface area (Å²) in [5.41, 5.74) is 0.871. The maximum atomic E-state index is 12.5. The summed E-state index contributed by atoms with van der Waals surface area (Å²) in [7, 11) is -4.01. The van der Waals surface area contributed by atoms with Gasteiger partial charge in [0.25, 0.3) is 10.0 Å². The van der Waals surface area contributed by atoms with Crippen LogP contribution in [0.4, 0.5) is 15.4 Å². The monoisotopic (exact) mass is 659 g/mol. The van der Waals surface area contributed by atoms with E-state index >= 15 is 0 Å². The highest BCUT2D eigenvalue weighted by Crippen LogP contribution is 2.26. The maximum Gasteiger partial charge on any atom is 0.340 e. The van der Waals surface area contributed by atoms with Gasteiger partial charge in [-0.05, 0) is 32.0 Å². The molecule has 1 saturated heterocycles. The Kier molecular flexibility index (Phi) is 10.3. The Hall–Kier alpha value is -4.79. The minimum Gasteiger partial charge on any atom is -0.462 e. The van der Waals surface area contributed by atoms with E-state index in [1.54, 1.807) is 38.6 Å². The summed E-state index contributed by atoms with van der Waals surface area (Å²) in [5.74, 6) is -0.144. The van der Waals surface area contributed by atoms with Crippen molar-refractivity contribution in [1.29, 1.82) is 5.26 Å². The molecule has 1 aliphatic rings. The van der Waals surface area contributed by atoms with Crippen molar-refractivity contribution < 1.29 is 27.5 Å². The number of anilines is 1. The first-order valence-corrected chi connectivity index (χ1v) is 15.6. The minimum absolute atomic E-state index is 0.0467. The molecular weight excluding hydrogens is 634 g/mol. The highest BCUT2D eigenvalue weighted by molar-refractivity contribution is 7.92. The van der Waals surface area contributed by atoms with Gasteiger partial charge in [0.2, 0.25) is 0 Å². The number of carbonyl (C=O) groups is 3. The number of hydrogen-bond acceptors (Lipinski definition) is 12. The van der Waals surface area contributed by atoms with Gasteiger partial charge >= 0.3 is 18.0 Å². The molecule has 1 aliphatic heterocycles. The van der Waals surface area contributed by atoms with Crippen LogP contribution in [-0.4, -0.2) is 88.2 Å². The standard InChI is InChI=1S/C19H20ClN5O5S2.C7H6N4O/c1-3-30-18(26)14-10-13(11-21)17(22-12(14)2)24-6-8-25(9-7-24)19(27)23-32(28,29)16-5-4-15(20)31-16;12-7(10-3-1-8-5-10)11-4-2-9-6-11/h4-5,10H,3,6-9H2,1-2H3,(H,23,27);1-6H. The highest BCUT2D eigenvalue weighted by Gasteiger charge is 2.28. The molecule has 0 aliphatic carbocycles. The molecule has 5 heterocycles. The van der Waals surface area contributed by atoms with Crippen molar-refractivity contribution in [3.63, 3.8) is 0 Å². The van der Waals surface area contributed by atoms with E-state index in [2.05, 4.69) is 15.0 Å². The third kappa shape index (κ3) is 7.58. The fraction of sp³-hybridized carbons (Fsp3) is 0.269. The summed E-state index contributed by atoms with van der Waals surface area (Å²) < 4.78 is 34.7. The van der Waals surface area contributed by atoms with Gasteiger partial charge < -0.3 is 14.5 Å². The van der Waals surface area contributed by atoms with Crippen LogP contribution in [0.2, 0.25) is 4.34 Å². The van der Waals surface area contributed by atoms with Crippen LogP contribution in [0, 0.1) is 18.3 Å². The van der Waals surface area contributed by atoms with Gasteiger partial charge in [-0.2, -0.15) is 5.26 Å². The number of nitrogens with one attached hydrogen (secondary N) is 1. The fourth-order valence-corrected chi connectivity index (χ4v) is 6.46. The van der Waals surface area contributed by atoms with Crippen LogP contribution in [0.1, 0.15) is 28.5 Å². The summed E-state index contributed by atoms with van der Waals surface area (Å²) in [6, 6.07) is 5.35. The number of nitriles is 1. The van der Waals surface area contributed by atoms with E-state index in [4.69, 9.17) is 16.3 Å². The van der Waals surface area contributed by atoms with Gasteiger partial charge in [-0.1, -0.05) is 11.6 Å². The lowest BCUT2D eigenvalue weighted by atomic mass is 10.1. The molecule has 0 radical (unpaired) electrons. The third-order valence-electron chi connectivity index (χ3n) is 6.16. The summed E-state index contributed by atoms with van der Waals surface area (Å²) in [4.78, 5) is 51.1. The van der Waals surface area contributed by atoms with Crippen LogP contribution in [0.3, 0.4) is 0 Å². The van der Waals surface area contributed by atoms with Crippen LogP contribution in [0.25, 0.3) is 0 Å². The molecule has 15 nitrogen and oxygen atoms in total. The number of imidazole rings is 2. The lowest BCUT2D eigenvalue weighted by Crippen LogP contribution is -2.53. The van der Waals surface area contributed by atoms with Crippen LogP contribution in [0.15, 0.2) is 59.9 Å². The number of piperazine rings is 1. The number of carbonyl (C=O) groups excluding carboxylic acids is 3. The zero-order valence-electron chi connectivity index (χ0n) is 23.5. The number of thiophene rings is 1. The van der Waals surface area contributed by atoms with Crippen molar-refractivity contribution in [2.24, 2.45) is 0 Å².